The average Bonchev–Trinajstić information content (AvgIpc) is 3.02. The molecule has 0 aliphatic rings. The van der Waals surface area contributed by atoms with Crippen LogP contribution in [0, 0.1) is 0 Å². The number of hydrogen-bond donors (Lipinski definition) is 2. The van der Waals surface area contributed by atoms with Crippen LogP contribution in [0.1, 0.15) is 6.92 Å². The number of benzene rings is 1. The summed E-state index contributed by atoms with van der Waals surface area (Å²) in [5.41, 5.74) is 0.367. The summed E-state index contributed by atoms with van der Waals surface area (Å²) in [6.07, 6.45) is -4.79. The summed E-state index contributed by atoms with van der Waals surface area (Å²) < 4.78 is 41.6. The molecule has 2 aromatic rings. The second-order valence-corrected chi connectivity index (χ2v) is 6.05. The number of alkyl halides is 3. The SMILES string of the molecule is CNC(=O)NC(=O)[C@H](C)Sc1nnnn1-c1ccc(OC(F)(F)F)cc1. The number of hydrogen-bond acceptors (Lipinski definition) is 7. The quantitative estimate of drug-likeness (QED) is 0.744. The topological polar surface area (TPSA) is 111 Å². The fourth-order valence-electron chi connectivity index (χ4n) is 1.69. The number of aromatic nitrogens is 4. The van der Waals surface area contributed by atoms with Gasteiger partial charge in [0.2, 0.25) is 11.1 Å². The van der Waals surface area contributed by atoms with Gasteiger partial charge in [-0.2, -0.15) is 4.68 Å². The summed E-state index contributed by atoms with van der Waals surface area (Å²) in [7, 11) is 1.37. The molecular formula is C13H13F3N6O3S. The molecule has 1 aromatic heterocycles. The number of carbonyl (C=O) groups is 2. The number of amides is 3. The third kappa shape index (κ3) is 5.34. The second kappa shape index (κ2) is 8.03. The molecule has 0 saturated carbocycles. The molecule has 2 N–H and O–H groups in total. The van der Waals surface area contributed by atoms with Crippen molar-refractivity contribution in [1.82, 2.24) is 30.8 Å². The predicted molar refractivity (Wildman–Crippen MR) is 83.8 cm³/mol. The average molecular weight is 390 g/mol. The van der Waals surface area contributed by atoms with Gasteiger partial charge in [0.05, 0.1) is 10.9 Å². The number of rotatable bonds is 5. The zero-order valence-corrected chi connectivity index (χ0v) is 14.3. The third-order valence-electron chi connectivity index (χ3n) is 2.87. The summed E-state index contributed by atoms with van der Waals surface area (Å²) in [5, 5.41) is 14.9. The maximum Gasteiger partial charge on any atom is 0.573 e. The van der Waals surface area contributed by atoms with Crippen LogP contribution < -0.4 is 15.4 Å². The Labute approximate surface area is 149 Å². The Bertz CT molecular complexity index is 780. The standard InChI is InChI=1S/C13H13F3N6O3S/c1-7(10(23)18-11(24)17-2)26-12-19-20-21-22(12)8-3-5-9(6-4-8)25-13(14,15)16/h3-7H,1-2H3,(H2,17,18,23,24)/t7-/m0/s1. The first-order valence-corrected chi connectivity index (χ1v) is 7.91. The molecule has 140 valence electrons. The summed E-state index contributed by atoms with van der Waals surface area (Å²) in [4.78, 5) is 23.0. The van der Waals surface area contributed by atoms with Crippen molar-refractivity contribution in [2.45, 2.75) is 23.7 Å². The largest absolute Gasteiger partial charge is 0.573 e. The highest BCUT2D eigenvalue weighted by Gasteiger charge is 2.31. The lowest BCUT2D eigenvalue weighted by atomic mass is 10.3. The van der Waals surface area contributed by atoms with Crippen LogP contribution in [0.4, 0.5) is 18.0 Å². The molecule has 0 aliphatic carbocycles. The lowest BCUT2D eigenvalue weighted by Gasteiger charge is -2.11. The number of halogens is 3. The van der Waals surface area contributed by atoms with E-state index in [4.69, 9.17) is 0 Å². The van der Waals surface area contributed by atoms with Crippen molar-refractivity contribution in [1.29, 1.82) is 0 Å². The van der Waals surface area contributed by atoms with E-state index >= 15 is 0 Å². The molecule has 1 atom stereocenters. The molecule has 3 amide bonds. The number of nitrogens with one attached hydrogen (secondary N) is 2. The first-order chi connectivity index (χ1) is 12.2. The molecule has 1 aromatic carbocycles. The molecular weight excluding hydrogens is 377 g/mol. The normalized spacial score (nSPS) is 12.3. The van der Waals surface area contributed by atoms with Crippen molar-refractivity contribution in [3.8, 4) is 11.4 Å². The molecule has 0 saturated heterocycles. The smallest absolute Gasteiger partial charge is 0.406 e. The fourth-order valence-corrected chi connectivity index (χ4v) is 2.50. The van der Waals surface area contributed by atoms with Crippen molar-refractivity contribution in [2.24, 2.45) is 0 Å². The lowest BCUT2D eigenvalue weighted by molar-refractivity contribution is -0.274. The van der Waals surface area contributed by atoms with Crippen molar-refractivity contribution < 1.29 is 27.5 Å². The summed E-state index contributed by atoms with van der Waals surface area (Å²) >= 11 is 0.970. The molecule has 1 heterocycles. The fraction of sp³-hybridized carbons (Fsp3) is 0.308. The molecule has 0 spiro atoms. The highest BCUT2D eigenvalue weighted by molar-refractivity contribution is 8.00. The third-order valence-corrected chi connectivity index (χ3v) is 3.90. The molecule has 0 radical (unpaired) electrons. The Kier molecular flexibility index (Phi) is 6.02. The number of thioether (sulfide) groups is 1. The van der Waals surface area contributed by atoms with Gasteiger partial charge in [-0.1, -0.05) is 11.8 Å². The van der Waals surface area contributed by atoms with Crippen LogP contribution in [0.25, 0.3) is 5.69 Å². The number of carbonyl (C=O) groups excluding carboxylic acids is 2. The Hall–Kier alpha value is -2.83. The Morgan fingerprint density at radius 1 is 1.27 bits per heavy atom. The van der Waals surface area contributed by atoms with E-state index in [1.165, 1.54) is 23.9 Å². The van der Waals surface area contributed by atoms with Gasteiger partial charge in [-0.3, -0.25) is 10.1 Å². The van der Waals surface area contributed by atoms with Crippen LogP contribution in [0.15, 0.2) is 29.4 Å². The first-order valence-electron chi connectivity index (χ1n) is 7.03. The van der Waals surface area contributed by atoms with Crippen LogP contribution in [0.5, 0.6) is 5.75 Å². The zero-order chi connectivity index (χ0) is 19.3. The number of tetrazole rings is 1. The number of ether oxygens (including phenoxy) is 1. The highest BCUT2D eigenvalue weighted by atomic mass is 32.2. The second-order valence-electron chi connectivity index (χ2n) is 4.74. The summed E-state index contributed by atoms with van der Waals surface area (Å²) in [6, 6.07) is 4.23. The van der Waals surface area contributed by atoms with Gasteiger partial charge in [-0.05, 0) is 41.6 Å². The van der Waals surface area contributed by atoms with Gasteiger partial charge in [0.15, 0.2) is 0 Å². The minimum Gasteiger partial charge on any atom is -0.406 e. The van der Waals surface area contributed by atoms with Crippen molar-refractivity contribution in [2.75, 3.05) is 7.05 Å². The predicted octanol–water partition coefficient (Wildman–Crippen LogP) is 1.50. The van der Waals surface area contributed by atoms with E-state index in [2.05, 4.69) is 30.9 Å². The number of imide groups is 1. The van der Waals surface area contributed by atoms with Crippen molar-refractivity contribution in [3.63, 3.8) is 0 Å². The number of urea groups is 1. The Balaban J connectivity index is 2.10. The van der Waals surface area contributed by atoms with Crippen LogP contribution in [-0.2, 0) is 4.79 Å². The van der Waals surface area contributed by atoms with E-state index in [1.54, 1.807) is 6.92 Å². The number of nitrogens with zero attached hydrogens (tertiary/aromatic N) is 4. The summed E-state index contributed by atoms with van der Waals surface area (Å²) in [5.74, 6) is -0.945. The summed E-state index contributed by atoms with van der Waals surface area (Å²) in [6.45, 7) is 1.54. The highest BCUT2D eigenvalue weighted by Crippen LogP contribution is 2.26. The molecule has 9 nitrogen and oxygen atoms in total. The lowest BCUT2D eigenvalue weighted by Crippen LogP contribution is -2.41. The minimum atomic E-state index is -4.79. The molecule has 2 rings (SSSR count). The molecule has 26 heavy (non-hydrogen) atoms. The van der Waals surface area contributed by atoms with Crippen LogP contribution in [-0.4, -0.2) is 50.8 Å². The van der Waals surface area contributed by atoms with Gasteiger partial charge in [-0.15, -0.1) is 18.3 Å². The van der Waals surface area contributed by atoms with Crippen molar-refractivity contribution in [3.05, 3.63) is 24.3 Å². The van der Waals surface area contributed by atoms with Gasteiger partial charge in [0.1, 0.15) is 5.75 Å². The van der Waals surface area contributed by atoms with Gasteiger partial charge in [-0.25, -0.2) is 4.79 Å². The van der Waals surface area contributed by atoms with Crippen molar-refractivity contribution >= 4 is 23.7 Å². The Morgan fingerprint density at radius 2 is 1.92 bits per heavy atom. The molecule has 0 unspecified atom stereocenters. The van der Waals surface area contributed by atoms with Crippen LogP contribution in [0.2, 0.25) is 0 Å². The molecule has 0 fully saturated rings. The van der Waals surface area contributed by atoms with E-state index in [-0.39, 0.29) is 10.9 Å². The maximum atomic E-state index is 12.2. The van der Waals surface area contributed by atoms with E-state index < -0.39 is 23.6 Å². The van der Waals surface area contributed by atoms with E-state index in [0.717, 1.165) is 23.9 Å². The van der Waals surface area contributed by atoms with E-state index in [1.807, 2.05) is 0 Å². The molecule has 0 bridgehead atoms. The van der Waals surface area contributed by atoms with Crippen LogP contribution in [0.3, 0.4) is 0 Å². The first kappa shape index (κ1) is 19.5. The van der Waals surface area contributed by atoms with Gasteiger partial charge < -0.3 is 10.1 Å². The van der Waals surface area contributed by atoms with Gasteiger partial charge >= 0.3 is 12.4 Å². The van der Waals surface area contributed by atoms with E-state index in [9.17, 15) is 22.8 Å². The molecule has 0 aliphatic heterocycles. The van der Waals surface area contributed by atoms with E-state index in [0.29, 0.717) is 5.69 Å². The van der Waals surface area contributed by atoms with Gasteiger partial charge in [0.25, 0.3) is 0 Å². The Morgan fingerprint density at radius 3 is 2.50 bits per heavy atom. The maximum absolute atomic E-state index is 12.2. The monoisotopic (exact) mass is 390 g/mol. The van der Waals surface area contributed by atoms with Gasteiger partial charge in [0, 0.05) is 7.05 Å². The minimum absolute atomic E-state index is 0.217. The zero-order valence-electron chi connectivity index (χ0n) is 13.4. The van der Waals surface area contributed by atoms with Crippen LogP contribution >= 0.6 is 11.8 Å². The molecule has 13 heteroatoms.